The third-order valence-electron chi connectivity index (χ3n) is 12.5. The van der Waals surface area contributed by atoms with E-state index in [2.05, 4.69) is 21.8 Å². The average Bonchev–Trinajstić information content (AvgIpc) is 3.25. The van der Waals surface area contributed by atoms with E-state index < -0.39 is 27.4 Å². The summed E-state index contributed by atoms with van der Waals surface area (Å²) in [4.78, 5) is 29.7. The SMILES string of the molecule is C[C@@H]1[C@@H](C)CCCC(C=O)[C@@H]2CC[C@H]2CN2C[C@@]3(CCCc4cc(Cl)ccc43)COc3ccc(cc32)C(=O)NS1(=O)=O.OCC(CO)N1CC(F)C1. The summed E-state index contributed by atoms with van der Waals surface area (Å²) in [5.74, 6) is 0.559. The molecule has 1 amide bonds. The number of anilines is 1. The van der Waals surface area contributed by atoms with Gasteiger partial charge in [0.1, 0.15) is 18.2 Å². The van der Waals surface area contributed by atoms with Gasteiger partial charge in [0.2, 0.25) is 10.0 Å². The van der Waals surface area contributed by atoms with E-state index in [9.17, 15) is 22.4 Å². The number of amides is 1. The maximum atomic E-state index is 13.3. The molecule has 1 saturated heterocycles. The highest BCUT2D eigenvalue weighted by Gasteiger charge is 2.45. The Hall–Kier alpha value is -2.77. The van der Waals surface area contributed by atoms with Crippen LogP contribution in [0.15, 0.2) is 36.4 Å². The molecule has 10 nitrogen and oxygen atoms in total. The molecule has 2 aromatic carbocycles. The summed E-state index contributed by atoms with van der Waals surface area (Å²) in [6.07, 6.45) is 7.67. The van der Waals surface area contributed by atoms with Crippen LogP contribution in [-0.2, 0) is 26.7 Å². The quantitative estimate of drug-likeness (QED) is 0.372. The number of nitrogens with one attached hydrogen (secondary N) is 1. The predicted octanol–water partition coefficient (Wildman–Crippen LogP) is 4.92. The van der Waals surface area contributed by atoms with Crippen molar-refractivity contribution >= 4 is 39.5 Å². The van der Waals surface area contributed by atoms with Gasteiger partial charge in [-0.3, -0.25) is 9.69 Å². The second-order valence-corrected chi connectivity index (χ2v) is 18.2. The molecule has 5 aliphatic rings. The molecule has 3 heterocycles. The first-order chi connectivity index (χ1) is 24.9. The van der Waals surface area contributed by atoms with E-state index in [0.717, 1.165) is 68.5 Å². The molecule has 286 valence electrons. The van der Waals surface area contributed by atoms with Crippen LogP contribution in [0.5, 0.6) is 5.75 Å². The third-order valence-corrected chi connectivity index (χ3v) is 14.6. The first-order valence-electron chi connectivity index (χ1n) is 18.8. The Morgan fingerprint density at radius 2 is 1.83 bits per heavy atom. The summed E-state index contributed by atoms with van der Waals surface area (Å²) < 4.78 is 47.5. The zero-order chi connectivity index (χ0) is 37.2. The maximum absolute atomic E-state index is 13.3. The van der Waals surface area contributed by atoms with Gasteiger partial charge in [-0.2, -0.15) is 0 Å². The molecule has 1 saturated carbocycles. The molecular weight excluding hydrogens is 709 g/mol. The van der Waals surface area contributed by atoms with E-state index in [-0.39, 0.29) is 36.5 Å². The predicted molar refractivity (Wildman–Crippen MR) is 199 cm³/mol. The van der Waals surface area contributed by atoms with Crippen molar-refractivity contribution in [3.63, 3.8) is 0 Å². The van der Waals surface area contributed by atoms with Crippen LogP contribution in [0, 0.1) is 23.7 Å². The van der Waals surface area contributed by atoms with Gasteiger partial charge < -0.3 is 24.6 Å². The molecule has 2 aliphatic carbocycles. The van der Waals surface area contributed by atoms with Crippen LogP contribution in [0.2, 0.25) is 5.02 Å². The molecule has 2 fully saturated rings. The van der Waals surface area contributed by atoms with E-state index in [1.165, 1.54) is 11.1 Å². The van der Waals surface area contributed by atoms with Crippen LogP contribution < -0.4 is 14.4 Å². The molecule has 1 spiro atoms. The number of sulfonamides is 1. The van der Waals surface area contributed by atoms with Gasteiger partial charge >= 0.3 is 0 Å². The van der Waals surface area contributed by atoms with E-state index >= 15 is 0 Å². The summed E-state index contributed by atoms with van der Waals surface area (Å²) in [6.45, 7) is 6.05. The lowest BCUT2D eigenvalue weighted by Gasteiger charge is -2.46. The van der Waals surface area contributed by atoms with Gasteiger partial charge in [-0.05, 0) is 111 Å². The molecular formula is C39H53ClFN3O7S. The number of alkyl halides is 1. The number of aryl methyl sites for hydroxylation is 1. The standard InChI is InChI=1S/C33H41ClN2O5S.C6H12FNO2/c1-21-5-3-6-26(18-37)28-11-8-25(28)17-36-19-33(14-4-7-23-15-27(34)10-12-29(23)33)20-41-31-13-9-24(16-30(31)36)32(38)35-42(39,40)22(21)2;7-5-1-8(2-5)6(3-9)4-10/h9-10,12-13,15-16,18,21-22,25-26,28H,3-8,11,14,17,19-20H2,1-2H3,(H,35,38);5-6,9-10H,1-4H2/t21-,22+,25-,26?,28+,33-;/m0./s1. The first kappa shape index (κ1) is 38.9. The second-order valence-electron chi connectivity index (χ2n) is 15.7. The van der Waals surface area contributed by atoms with Crippen LogP contribution in [0.25, 0.3) is 0 Å². The number of aldehydes is 1. The van der Waals surface area contributed by atoms with Gasteiger partial charge in [0, 0.05) is 48.1 Å². The largest absolute Gasteiger partial charge is 0.490 e. The number of benzene rings is 2. The van der Waals surface area contributed by atoms with Crippen molar-refractivity contribution in [3.05, 3.63) is 58.1 Å². The van der Waals surface area contributed by atoms with Crippen molar-refractivity contribution in [2.45, 2.75) is 88.1 Å². The van der Waals surface area contributed by atoms with Crippen LogP contribution >= 0.6 is 11.6 Å². The van der Waals surface area contributed by atoms with E-state index in [0.29, 0.717) is 55.8 Å². The fourth-order valence-corrected chi connectivity index (χ4v) is 10.4. The number of ether oxygens (including phenoxy) is 1. The fraction of sp³-hybridized carbons (Fsp3) is 0.641. The fourth-order valence-electron chi connectivity index (χ4n) is 8.85. The lowest BCUT2D eigenvalue weighted by atomic mass is 9.65. The number of likely N-dealkylation sites (tertiary alicyclic amines) is 1. The van der Waals surface area contributed by atoms with Crippen molar-refractivity contribution < 1.29 is 37.3 Å². The monoisotopic (exact) mass is 761 g/mol. The molecule has 52 heavy (non-hydrogen) atoms. The third kappa shape index (κ3) is 8.16. The summed E-state index contributed by atoms with van der Waals surface area (Å²) >= 11 is 6.39. The number of hydrogen-bond acceptors (Lipinski definition) is 9. The molecule has 6 atom stereocenters. The number of carbonyl (C=O) groups excluding carboxylic acids is 2. The minimum atomic E-state index is -3.89. The molecule has 0 radical (unpaired) electrons. The smallest absolute Gasteiger partial charge is 0.264 e. The average molecular weight is 762 g/mol. The van der Waals surface area contributed by atoms with Crippen LogP contribution in [0.3, 0.4) is 0 Å². The maximum Gasteiger partial charge on any atom is 0.264 e. The highest BCUT2D eigenvalue weighted by Crippen LogP contribution is 2.47. The Balaban J connectivity index is 0.000000402. The zero-order valence-corrected chi connectivity index (χ0v) is 31.8. The molecule has 3 N–H and O–H groups in total. The van der Waals surface area contributed by atoms with Gasteiger partial charge in [-0.15, -0.1) is 0 Å². The molecule has 7 rings (SSSR count). The number of halogens is 2. The molecule has 13 heteroatoms. The summed E-state index contributed by atoms with van der Waals surface area (Å²) in [6, 6.07) is 11.2. The number of fused-ring (bicyclic) bond motifs is 4. The van der Waals surface area contributed by atoms with Crippen molar-refractivity contribution in [2.75, 3.05) is 50.9 Å². The summed E-state index contributed by atoms with van der Waals surface area (Å²) in [7, 11) is -3.89. The minimum Gasteiger partial charge on any atom is -0.490 e. The minimum absolute atomic E-state index is 0.0315. The number of hydrogen-bond donors (Lipinski definition) is 3. The highest BCUT2D eigenvalue weighted by atomic mass is 35.5. The van der Waals surface area contributed by atoms with Crippen molar-refractivity contribution in [1.82, 2.24) is 9.62 Å². The van der Waals surface area contributed by atoms with Crippen LogP contribution in [0.1, 0.15) is 80.3 Å². The Bertz CT molecular complexity index is 1700. The van der Waals surface area contributed by atoms with Gasteiger partial charge in [0.25, 0.3) is 5.91 Å². The van der Waals surface area contributed by atoms with E-state index in [1.54, 1.807) is 30.0 Å². The number of carbonyl (C=O) groups is 2. The summed E-state index contributed by atoms with van der Waals surface area (Å²) in [5, 5.41) is 17.2. The Kier molecular flexibility index (Phi) is 12.2. The van der Waals surface area contributed by atoms with Crippen molar-refractivity contribution in [3.8, 4) is 5.75 Å². The normalized spacial score (nSPS) is 30.6. The molecule has 2 aromatic rings. The molecule has 1 unspecified atom stereocenters. The number of nitrogens with zero attached hydrogens (tertiary/aromatic N) is 2. The Morgan fingerprint density at radius 1 is 1.06 bits per heavy atom. The topological polar surface area (TPSA) is 136 Å². The lowest BCUT2D eigenvalue weighted by Crippen LogP contribution is -2.55. The number of aliphatic hydroxyl groups excluding tert-OH is 2. The second kappa shape index (κ2) is 16.3. The first-order valence-corrected chi connectivity index (χ1v) is 20.7. The van der Waals surface area contributed by atoms with Gasteiger partial charge in [0.15, 0.2) is 0 Å². The van der Waals surface area contributed by atoms with Gasteiger partial charge in [0.05, 0.1) is 36.8 Å². The highest BCUT2D eigenvalue weighted by molar-refractivity contribution is 7.90. The van der Waals surface area contributed by atoms with Gasteiger partial charge in [-0.25, -0.2) is 17.5 Å². The van der Waals surface area contributed by atoms with E-state index in [1.807, 2.05) is 13.0 Å². The Labute approximate surface area is 312 Å². The van der Waals surface area contributed by atoms with E-state index in [4.69, 9.17) is 26.6 Å². The zero-order valence-electron chi connectivity index (χ0n) is 30.2. The lowest BCUT2D eigenvalue weighted by molar-refractivity contribution is -0.115. The number of aliphatic hydroxyl groups is 2. The molecule has 2 bridgehead atoms. The number of rotatable bonds is 4. The van der Waals surface area contributed by atoms with Crippen LogP contribution in [-0.4, -0.2) is 99.2 Å². The molecule has 3 aliphatic heterocycles. The Morgan fingerprint density at radius 3 is 2.50 bits per heavy atom. The summed E-state index contributed by atoms with van der Waals surface area (Å²) in [5.41, 5.74) is 3.37. The van der Waals surface area contributed by atoms with Crippen molar-refractivity contribution in [1.29, 1.82) is 0 Å². The molecule has 0 aromatic heterocycles. The van der Waals surface area contributed by atoms with Gasteiger partial charge in [-0.1, -0.05) is 31.0 Å². The van der Waals surface area contributed by atoms with Crippen LogP contribution in [0.4, 0.5) is 10.1 Å². The van der Waals surface area contributed by atoms with Crippen molar-refractivity contribution in [2.24, 2.45) is 23.7 Å².